The van der Waals surface area contributed by atoms with Crippen molar-refractivity contribution in [3.8, 4) is 0 Å². The Labute approximate surface area is 123 Å². The Hall–Kier alpha value is -1.06. The van der Waals surface area contributed by atoms with Gasteiger partial charge in [-0.15, -0.1) is 0 Å². The van der Waals surface area contributed by atoms with E-state index in [4.69, 9.17) is 4.74 Å². The maximum atomic E-state index is 5.59. The minimum atomic E-state index is 0.410. The van der Waals surface area contributed by atoms with Crippen LogP contribution in [0.2, 0.25) is 0 Å². The smallest absolute Gasteiger partial charge is 0.0588 e. The Kier molecular flexibility index (Phi) is 5.86. The Balaban J connectivity index is 1.78. The van der Waals surface area contributed by atoms with Crippen molar-refractivity contribution in [2.24, 2.45) is 5.92 Å². The zero-order valence-corrected chi connectivity index (χ0v) is 13.1. The van der Waals surface area contributed by atoms with Gasteiger partial charge in [0.25, 0.3) is 0 Å². The first-order valence-electron chi connectivity index (χ1n) is 7.90. The first kappa shape index (κ1) is 15.3. The van der Waals surface area contributed by atoms with Gasteiger partial charge in [-0.05, 0) is 50.8 Å². The second-order valence-electron chi connectivity index (χ2n) is 5.59. The predicted molar refractivity (Wildman–Crippen MR) is 85.2 cm³/mol. The molecule has 1 N–H and O–H groups in total. The lowest BCUT2D eigenvalue weighted by Crippen LogP contribution is -2.26. The van der Waals surface area contributed by atoms with Gasteiger partial charge in [-0.25, -0.2) is 0 Å². The molecule has 112 valence electrons. The van der Waals surface area contributed by atoms with Gasteiger partial charge in [0.15, 0.2) is 0 Å². The third-order valence-corrected chi connectivity index (χ3v) is 4.33. The molecule has 1 fully saturated rings. The fraction of sp³-hybridized carbons (Fsp3) is 0.647. The molecular formula is C17H28N2O. The highest BCUT2D eigenvalue weighted by molar-refractivity contribution is 5.47. The molecule has 1 aromatic rings. The molecule has 3 nitrogen and oxygen atoms in total. The number of hydrogen-bond donors (Lipinski definition) is 1. The largest absolute Gasteiger partial charge is 0.378 e. The Morgan fingerprint density at radius 3 is 2.45 bits per heavy atom. The van der Waals surface area contributed by atoms with Crippen LogP contribution in [0, 0.1) is 5.92 Å². The molecule has 3 heteroatoms. The zero-order chi connectivity index (χ0) is 14.4. The molecule has 0 amide bonds. The summed E-state index contributed by atoms with van der Waals surface area (Å²) >= 11 is 0. The lowest BCUT2D eigenvalue weighted by Gasteiger charge is -2.21. The van der Waals surface area contributed by atoms with Crippen LogP contribution in [0.1, 0.15) is 32.8 Å². The van der Waals surface area contributed by atoms with Crippen LogP contribution in [0.5, 0.6) is 0 Å². The maximum absolute atomic E-state index is 5.59. The van der Waals surface area contributed by atoms with Gasteiger partial charge in [0.05, 0.1) is 6.10 Å². The predicted octanol–water partition coefficient (Wildman–Crippen LogP) is 3.05. The standard InChI is InChI=1S/C17H28N2O/c1-4-19(5-2)17-8-6-15(7-9-17)12-18-13-16-10-11-20-14(16)3/h6-9,14,16,18H,4-5,10-13H2,1-3H3. The van der Waals surface area contributed by atoms with Gasteiger partial charge in [0.1, 0.15) is 0 Å². The molecule has 0 aromatic heterocycles. The second-order valence-corrected chi connectivity index (χ2v) is 5.59. The number of anilines is 1. The van der Waals surface area contributed by atoms with E-state index in [9.17, 15) is 0 Å². The van der Waals surface area contributed by atoms with Crippen LogP contribution in [-0.2, 0) is 11.3 Å². The second kappa shape index (κ2) is 7.65. The molecule has 1 aliphatic heterocycles. The summed E-state index contributed by atoms with van der Waals surface area (Å²) in [5.74, 6) is 0.671. The van der Waals surface area contributed by atoms with Crippen LogP contribution in [0.15, 0.2) is 24.3 Å². The van der Waals surface area contributed by atoms with Gasteiger partial charge < -0.3 is 15.0 Å². The van der Waals surface area contributed by atoms with Gasteiger partial charge in [-0.2, -0.15) is 0 Å². The van der Waals surface area contributed by atoms with Crippen molar-refractivity contribution in [3.63, 3.8) is 0 Å². The Morgan fingerprint density at radius 2 is 1.90 bits per heavy atom. The molecule has 0 saturated carbocycles. The molecule has 1 saturated heterocycles. The minimum absolute atomic E-state index is 0.410. The molecule has 2 unspecified atom stereocenters. The number of benzene rings is 1. The van der Waals surface area contributed by atoms with Crippen LogP contribution in [0.25, 0.3) is 0 Å². The molecule has 20 heavy (non-hydrogen) atoms. The van der Waals surface area contributed by atoms with Gasteiger partial charge in [-0.3, -0.25) is 0 Å². The van der Waals surface area contributed by atoms with Crippen molar-refractivity contribution in [1.82, 2.24) is 5.32 Å². The number of nitrogens with one attached hydrogen (secondary N) is 1. The average molecular weight is 276 g/mol. The maximum Gasteiger partial charge on any atom is 0.0588 e. The SMILES string of the molecule is CCN(CC)c1ccc(CNCC2CCOC2C)cc1. The summed E-state index contributed by atoms with van der Waals surface area (Å²) in [6.07, 6.45) is 1.60. The molecule has 2 rings (SSSR count). The van der Waals surface area contributed by atoms with Gasteiger partial charge in [0.2, 0.25) is 0 Å². The summed E-state index contributed by atoms with van der Waals surface area (Å²) in [6, 6.07) is 8.92. The van der Waals surface area contributed by atoms with Crippen molar-refractivity contribution in [3.05, 3.63) is 29.8 Å². The van der Waals surface area contributed by atoms with Crippen LogP contribution in [0.4, 0.5) is 5.69 Å². The van der Waals surface area contributed by atoms with Crippen molar-refractivity contribution < 1.29 is 4.74 Å². The summed E-state index contributed by atoms with van der Waals surface area (Å²) in [5, 5.41) is 3.56. The third-order valence-electron chi connectivity index (χ3n) is 4.33. The number of hydrogen-bond acceptors (Lipinski definition) is 3. The summed E-state index contributed by atoms with van der Waals surface area (Å²) < 4.78 is 5.59. The fourth-order valence-corrected chi connectivity index (χ4v) is 2.86. The molecule has 0 spiro atoms. The molecule has 0 radical (unpaired) electrons. The molecule has 1 aromatic carbocycles. The highest BCUT2D eigenvalue weighted by atomic mass is 16.5. The van der Waals surface area contributed by atoms with E-state index in [-0.39, 0.29) is 0 Å². The number of ether oxygens (including phenoxy) is 1. The van der Waals surface area contributed by atoms with Crippen LogP contribution < -0.4 is 10.2 Å². The van der Waals surface area contributed by atoms with Gasteiger partial charge in [-0.1, -0.05) is 12.1 Å². The van der Waals surface area contributed by atoms with Crippen molar-refractivity contribution in [1.29, 1.82) is 0 Å². The molecule has 2 atom stereocenters. The quantitative estimate of drug-likeness (QED) is 0.828. The van der Waals surface area contributed by atoms with E-state index in [2.05, 4.69) is 55.3 Å². The van der Waals surface area contributed by atoms with E-state index < -0.39 is 0 Å². The molecule has 1 heterocycles. The summed E-state index contributed by atoms with van der Waals surface area (Å²) in [5.41, 5.74) is 2.67. The van der Waals surface area contributed by atoms with Crippen LogP contribution in [0.3, 0.4) is 0 Å². The van der Waals surface area contributed by atoms with E-state index in [1.54, 1.807) is 0 Å². The van der Waals surface area contributed by atoms with Gasteiger partial charge in [0, 0.05) is 38.5 Å². The fourth-order valence-electron chi connectivity index (χ4n) is 2.86. The highest BCUT2D eigenvalue weighted by Gasteiger charge is 2.23. The van der Waals surface area contributed by atoms with Gasteiger partial charge >= 0.3 is 0 Å². The Morgan fingerprint density at radius 1 is 1.20 bits per heavy atom. The van der Waals surface area contributed by atoms with E-state index >= 15 is 0 Å². The first-order chi connectivity index (χ1) is 9.74. The van der Waals surface area contributed by atoms with E-state index in [0.717, 1.165) is 32.8 Å². The number of rotatable bonds is 7. The van der Waals surface area contributed by atoms with Crippen molar-refractivity contribution >= 4 is 5.69 Å². The lowest BCUT2D eigenvalue weighted by molar-refractivity contribution is 0.105. The van der Waals surface area contributed by atoms with E-state index in [0.29, 0.717) is 12.0 Å². The Bertz CT molecular complexity index is 386. The summed E-state index contributed by atoms with van der Waals surface area (Å²) in [7, 11) is 0. The monoisotopic (exact) mass is 276 g/mol. The van der Waals surface area contributed by atoms with Crippen molar-refractivity contribution in [2.45, 2.75) is 39.8 Å². The first-order valence-corrected chi connectivity index (χ1v) is 7.90. The van der Waals surface area contributed by atoms with E-state index in [1.807, 2.05) is 0 Å². The van der Waals surface area contributed by atoms with Crippen LogP contribution >= 0.6 is 0 Å². The molecular weight excluding hydrogens is 248 g/mol. The summed E-state index contributed by atoms with van der Waals surface area (Å²) in [4.78, 5) is 2.37. The third kappa shape index (κ3) is 3.97. The lowest BCUT2D eigenvalue weighted by atomic mass is 10.0. The zero-order valence-electron chi connectivity index (χ0n) is 13.1. The normalized spacial score (nSPS) is 22.1. The average Bonchev–Trinajstić information content (AvgIpc) is 2.87. The topological polar surface area (TPSA) is 24.5 Å². The minimum Gasteiger partial charge on any atom is -0.378 e. The number of nitrogens with zero attached hydrogens (tertiary/aromatic N) is 1. The van der Waals surface area contributed by atoms with E-state index in [1.165, 1.54) is 17.7 Å². The molecule has 0 bridgehead atoms. The van der Waals surface area contributed by atoms with Crippen LogP contribution in [-0.4, -0.2) is 32.3 Å². The molecule has 0 aliphatic carbocycles. The summed E-state index contributed by atoms with van der Waals surface area (Å²) in [6.45, 7) is 11.6. The highest BCUT2D eigenvalue weighted by Crippen LogP contribution is 2.19. The molecule has 1 aliphatic rings. The van der Waals surface area contributed by atoms with Crippen molar-refractivity contribution in [2.75, 3.05) is 31.1 Å².